The number of carbonyl (C=O) groups is 2. The molecule has 0 fully saturated rings. The van der Waals surface area contributed by atoms with Gasteiger partial charge in [0.1, 0.15) is 16.7 Å². The van der Waals surface area contributed by atoms with Crippen LogP contribution in [0.15, 0.2) is 5.38 Å². The molecule has 136 valence electrons. The van der Waals surface area contributed by atoms with Crippen molar-refractivity contribution in [3.8, 4) is 0 Å². The molecular formula is C16H26N2O5S. The third-order valence-corrected chi connectivity index (χ3v) is 4.39. The SMILES string of the molecule is CC(C)C(C[C@H](O)c1nc(C(=O)O)cs1)N(C)C(=O)OC(C)(C)C. The minimum atomic E-state index is -1.13. The Hall–Kier alpha value is -1.67. The van der Waals surface area contributed by atoms with Crippen molar-refractivity contribution >= 4 is 23.4 Å². The summed E-state index contributed by atoms with van der Waals surface area (Å²) < 4.78 is 5.37. The monoisotopic (exact) mass is 358 g/mol. The number of carboxylic acid groups (broad SMARTS) is 1. The van der Waals surface area contributed by atoms with Crippen LogP contribution in [0.2, 0.25) is 0 Å². The summed E-state index contributed by atoms with van der Waals surface area (Å²) in [4.78, 5) is 28.5. The van der Waals surface area contributed by atoms with Crippen LogP contribution < -0.4 is 0 Å². The van der Waals surface area contributed by atoms with Crippen molar-refractivity contribution in [1.82, 2.24) is 9.88 Å². The molecule has 0 aromatic carbocycles. The van der Waals surface area contributed by atoms with Crippen molar-refractivity contribution in [3.63, 3.8) is 0 Å². The van der Waals surface area contributed by atoms with E-state index in [1.54, 1.807) is 27.8 Å². The Labute approximate surface area is 146 Å². The van der Waals surface area contributed by atoms with Gasteiger partial charge in [-0.2, -0.15) is 0 Å². The Morgan fingerprint density at radius 2 is 1.96 bits per heavy atom. The van der Waals surface area contributed by atoms with Crippen LogP contribution in [0, 0.1) is 5.92 Å². The average molecular weight is 358 g/mol. The summed E-state index contributed by atoms with van der Waals surface area (Å²) >= 11 is 1.09. The molecule has 2 N–H and O–H groups in total. The molecule has 0 spiro atoms. The number of nitrogens with zero attached hydrogens (tertiary/aromatic N) is 2. The normalized spacial score (nSPS) is 14.3. The minimum Gasteiger partial charge on any atom is -0.476 e. The highest BCUT2D eigenvalue weighted by atomic mass is 32.1. The fourth-order valence-corrected chi connectivity index (χ4v) is 3.01. The van der Waals surface area contributed by atoms with Gasteiger partial charge >= 0.3 is 12.1 Å². The molecule has 8 heteroatoms. The third kappa shape index (κ3) is 5.76. The molecule has 7 nitrogen and oxygen atoms in total. The highest BCUT2D eigenvalue weighted by Crippen LogP contribution is 2.27. The van der Waals surface area contributed by atoms with E-state index in [4.69, 9.17) is 9.84 Å². The Balaban J connectivity index is 2.84. The van der Waals surface area contributed by atoms with Crippen molar-refractivity contribution in [3.05, 3.63) is 16.1 Å². The summed E-state index contributed by atoms with van der Waals surface area (Å²) in [6, 6.07) is -0.271. The summed E-state index contributed by atoms with van der Waals surface area (Å²) in [5.41, 5.74) is -0.687. The largest absolute Gasteiger partial charge is 0.476 e. The van der Waals surface area contributed by atoms with E-state index in [0.717, 1.165) is 11.3 Å². The van der Waals surface area contributed by atoms with Crippen molar-refractivity contribution < 1.29 is 24.5 Å². The van der Waals surface area contributed by atoms with Crippen LogP contribution in [-0.4, -0.2) is 50.9 Å². The maximum atomic E-state index is 12.2. The number of carbonyl (C=O) groups excluding carboxylic acids is 1. The zero-order chi connectivity index (χ0) is 18.7. The van der Waals surface area contributed by atoms with Gasteiger partial charge in [0, 0.05) is 24.9 Å². The highest BCUT2D eigenvalue weighted by molar-refractivity contribution is 7.09. The molecule has 0 aliphatic carbocycles. The number of ether oxygens (including phenoxy) is 1. The van der Waals surface area contributed by atoms with E-state index in [-0.39, 0.29) is 24.1 Å². The van der Waals surface area contributed by atoms with Crippen LogP contribution in [0.1, 0.15) is 62.6 Å². The lowest BCUT2D eigenvalue weighted by atomic mass is 9.97. The molecule has 1 heterocycles. The summed E-state index contributed by atoms with van der Waals surface area (Å²) in [5.74, 6) is -1.05. The molecule has 0 aliphatic rings. The molecule has 2 atom stereocenters. The number of hydrogen-bond donors (Lipinski definition) is 2. The average Bonchev–Trinajstić information content (AvgIpc) is 2.91. The zero-order valence-electron chi connectivity index (χ0n) is 14.9. The van der Waals surface area contributed by atoms with E-state index >= 15 is 0 Å². The first-order chi connectivity index (χ1) is 10.9. The topological polar surface area (TPSA) is 100.0 Å². The fraction of sp³-hybridized carbons (Fsp3) is 0.688. The quantitative estimate of drug-likeness (QED) is 0.810. The van der Waals surface area contributed by atoms with Gasteiger partial charge in [0.15, 0.2) is 5.69 Å². The van der Waals surface area contributed by atoms with Gasteiger partial charge in [0.05, 0.1) is 0 Å². The third-order valence-electron chi connectivity index (χ3n) is 3.44. The first kappa shape index (κ1) is 20.4. The molecule has 0 saturated heterocycles. The lowest BCUT2D eigenvalue weighted by Gasteiger charge is -2.34. The standard InChI is InChI=1S/C16H26N2O5S/c1-9(2)11(18(6)15(22)23-16(3,4)5)7-12(19)13-17-10(8-24-13)14(20)21/h8-9,11-12,19H,7H2,1-6H3,(H,20,21)/t11?,12-/m0/s1. The smallest absolute Gasteiger partial charge is 0.410 e. The molecule has 1 aromatic heterocycles. The second-order valence-electron chi connectivity index (χ2n) is 7.03. The van der Waals surface area contributed by atoms with E-state index in [2.05, 4.69) is 4.98 Å². The number of aliphatic hydroxyl groups excluding tert-OH is 1. The number of rotatable bonds is 6. The molecule has 24 heavy (non-hydrogen) atoms. The first-order valence-electron chi connectivity index (χ1n) is 7.75. The lowest BCUT2D eigenvalue weighted by molar-refractivity contribution is 0.0106. The molecule has 0 bridgehead atoms. The second kappa shape index (κ2) is 7.94. The van der Waals surface area contributed by atoms with Crippen molar-refractivity contribution in [2.24, 2.45) is 5.92 Å². The Morgan fingerprint density at radius 3 is 2.38 bits per heavy atom. The number of thiazole rings is 1. The van der Waals surface area contributed by atoms with Gasteiger partial charge < -0.3 is 19.8 Å². The van der Waals surface area contributed by atoms with Crippen LogP contribution in [-0.2, 0) is 4.74 Å². The first-order valence-corrected chi connectivity index (χ1v) is 8.63. The predicted molar refractivity (Wildman–Crippen MR) is 91.3 cm³/mol. The van der Waals surface area contributed by atoms with Gasteiger partial charge in [-0.3, -0.25) is 0 Å². The Morgan fingerprint density at radius 1 is 1.38 bits per heavy atom. The van der Waals surface area contributed by atoms with Crippen molar-refractivity contribution in [2.75, 3.05) is 7.05 Å². The van der Waals surface area contributed by atoms with E-state index in [1.165, 1.54) is 10.3 Å². The molecule has 0 saturated carbocycles. The number of carboxylic acids is 1. The molecule has 1 rings (SSSR count). The molecular weight excluding hydrogens is 332 g/mol. The molecule has 0 radical (unpaired) electrons. The maximum Gasteiger partial charge on any atom is 0.410 e. The second-order valence-corrected chi connectivity index (χ2v) is 7.92. The molecule has 1 aromatic rings. The van der Waals surface area contributed by atoms with Gasteiger partial charge in [-0.1, -0.05) is 13.8 Å². The van der Waals surface area contributed by atoms with E-state index in [0.29, 0.717) is 5.01 Å². The van der Waals surface area contributed by atoms with Gasteiger partial charge in [0.2, 0.25) is 0 Å². The van der Waals surface area contributed by atoms with E-state index in [1.807, 2.05) is 13.8 Å². The minimum absolute atomic E-state index is 0.0797. The van der Waals surface area contributed by atoms with Crippen molar-refractivity contribution in [1.29, 1.82) is 0 Å². The van der Waals surface area contributed by atoms with Gasteiger partial charge in [0.25, 0.3) is 0 Å². The number of amides is 1. The fourth-order valence-electron chi connectivity index (χ4n) is 2.22. The zero-order valence-corrected chi connectivity index (χ0v) is 15.8. The van der Waals surface area contributed by atoms with Gasteiger partial charge in [-0.05, 0) is 26.7 Å². The number of aliphatic hydroxyl groups is 1. The molecule has 1 amide bonds. The summed E-state index contributed by atoms with van der Waals surface area (Å²) in [6.45, 7) is 9.27. The lowest BCUT2D eigenvalue weighted by Crippen LogP contribution is -2.44. The van der Waals surface area contributed by atoms with Gasteiger partial charge in [-0.25, -0.2) is 14.6 Å². The van der Waals surface area contributed by atoms with Crippen LogP contribution in [0.3, 0.4) is 0 Å². The van der Waals surface area contributed by atoms with E-state index in [9.17, 15) is 14.7 Å². The number of aromatic carboxylic acids is 1. The summed E-state index contributed by atoms with van der Waals surface area (Å²) in [7, 11) is 1.63. The maximum absolute atomic E-state index is 12.2. The Kier molecular flexibility index (Phi) is 6.74. The predicted octanol–water partition coefficient (Wildman–Crippen LogP) is 3.16. The van der Waals surface area contributed by atoms with Crippen LogP contribution in [0.5, 0.6) is 0 Å². The number of aromatic nitrogens is 1. The molecule has 1 unspecified atom stereocenters. The van der Waals surface area contributed by atoms with Crippen molar-refractivity contribution in [2.45, 2.75) is 58.8 Å². The van der Waals surface area contributed by atoms with Crippen LogP contribution >= 0.6 is 11.3 Å². The van der Waals surface area contributed by atoms with Crippen LogP contribution in [0.4, 0.5) is 4.79 Å². The van der Waals surface area contributed by atoms with E-state index < -0.39 is 23.8 Å². The highest BCUT2D eigenvalue weighted by Gasteiger charge is 2.30. The van der Waals surface area contributed by atoms with Crippen LogP contribution in [0.25, 0.3) is 0 Å². The number of hydrogen-bond acceptors (Lipinski definition) is 6. The Bertz CT molecular complexity index is 579. The summed E-state index contributed by atoms with van der Waals surface area (Å²) in [5, 5.41) is 21.0. The van der Waals surface area contributed by atoms with Gasteiger partial charge in [-0.15, -0.1) is 11.3 Å². The summed E-state index contributed by atoms with van der Waals surface area (Å²) in [6.07, 6.45) is -1.15. The molecule has 0 aliphatic heterocycles.